The number of hydrogen-bond acceptors (Lipinski definition) is 4. The number of nitriles is 1. The molecule has 0 spiro atoms. The summed E-state index contributed by atoms with van der Waals surface area (Å²) in [6.45, 7) is 5.66. The van der Waals surface area contributed by atoms with Gasteiger partial charge in [-0.3, -0.25) is 9.69 Å². The highest BCUT2D eigenvalue weighted by atomic mass is 16.5. The van der Waals surface area contributed by atoms with E-state index in [4.69, 9.17) is 10.00 Å². The SMILES string of the molecule is COCCN(CCC#N)C(C)C(=O)c1ccc(C)cc1. The van der Waals surface area contributed by atoms with Crippen LogP contribution in [0.2, 0.25) is 0 Å². The smallest absolute Gasteiger partial charge is 0.179 e. The van der Waals surface area contributed by atoms with Gasteiger partial charge < -0.3 is 4.74 Å². The van der Waals surface area contributed by atoms with Crippen molar-refractivity contribution >= 4 is 5.78 Å². The summed E-state index contributed by atoms with van der Waals surface area (Å²) in [5, 5.41) is 8.72. The first kappa shape index (κ1) is 16.4. The number of Topliss-reactive ketones (excluding diaryl/α,β-unsaturated/α-hetero) is 1. The summed E-state index contributed by atoms with van der Waals surface area (Å²) in [7, 11) is 1.63. The Kier molecular flexibility index (Phi) is 6.92. The highest BCUT2D eigenvalue weighted by Crippen LogP contribution is 2.11. The predicted molar refractivity (Wildman–Crippen MR) is 78.7 cm³/mol. The van der Waals surface area contributed by atoms with E-state index in [-0.39, 0.29) is 11.8 Å². The standard InChI is InChI=1S/C16H22N2O2/c1-13-5-7-15(8-6-13)16(19)14(2)18(10-4-9-17)11-12-20-3/h5-8,14H,4,10-12H2,1-3H3. The number of carbonyl (C=O) groups is 1. The van der Waals surface area contributed by atoms with Crippen LogP contribution in [0.4, 0.5) is 0 Å². The lowest BCUT2D eigenvalue weighted by molar-refractivity contribution is 0.0781. The highest BCUT2D eigenvalue weighted by molar-refractivity contribution is 5.99. The maximum absolute atomic E-state index is 12.5. The van der Waals surface area contributed by atoms with Crippen LogP contribution in [0.15, 0.2) is 24.3 Å². The molecule has 4 nitrogen and oxygen atoms in total. The number of ether oxygens (including phenoxy) is 1. The van der Waals surface area contributed by atoms with Crippen LogP contribution >= 0.6 is 0 Å². The minimum Gasteiger partial charge on any atom is -0.383 e. The molecule has 20 heavy (non-hydrogen) atoms. The zero-order valence-corrected chi connectivity index (χ0v) is 12.4. The molecule has 0 aliphatic rings. The Morgan fingerprint density at radius 3 is 2.55 bits per heavy atom. The van der Waals surface area contributed by atoms with Crippen molar-refractivity contribution in [3.8, 4) is 6.07 Å². The van der Waals surface area contributed by atoms with Gasteiger partial charge >= 0.3 is 0 Å². The molecule has 0 fully saturated rings. The van der Waals surface area contributed by atoms with Gasteiger partial charge in [0, 0.05) is 32.2 Å². The van der Waals surface area contributed by atoms with Crippen molar-refractivity contribution in [1.82, 2.24) is 4.90 Å². The first-order valence-electron chi connectivity index (χ1n) is 6.81. The highest BCUT2D eigenvalue weighted by Gasteiger charge is 2.21. The third-order valence-electron chi connectivity index (χ3n) is 3.36. The van der Waals surface area contributed by atoms with E-state index in [1.54, 1.807) is 7.11 Å². The second-order valence-corrected chi connectivity index (χ2v) is 4.84. The molecule has 0 aliphatic heterocycles. The van der Waals surface area contributed by atoms with E-state index in [9.17, 15) is 4.79 Å². The number of carbonyl (C=O) groups excluding carboxylic acids is 1. The van der Waals surface area contributed by atoms with E-state index < -0.39 is 0 Å². The van der Waals surface area contributed by atoms with Gasteiger partial charge in [0.25, 0.3) is 0 Å². The number of ketones is 1. The zero-order valence-electron chi connectivity index (χ0n) is 12.4. The van der Waals surface area contributed by atoms with Crippen molar-refractivity contribution in [3.05, 3.63) is 35.4 Å². The Balaban J connectivity index is 2.76. The number of aryl methyl sites for hydroxylation is 1. The molecule has 4 heteroatoms. The zero-order chi connectivity index (χ0) is 15.0. The fourth-order valence-electron chi connectivity index (χ4n) is 2.03. The van der Waals surface area contributed by atoms with Crippen LogP contribution in [-0.4, -0.2) is 43.5 Å². The minimum atomic E-state index is -0.249. The van der Waals surface area contributed by atoms with Gasteiger partial charge in [-0.15, -0.1) is 0 Å². The van der Waals surface area contributed by atoms with Crippen LogP contribution in [0.25, 0.3) is 0 Å². The second-order valence-electron chi connectivity index (χ2n) is 4.84. The summed E-state index contributed by atoms with van der Waals surface area (Å²) in [4.78, 5) is 14.5. The molecule has 0 heterocycles. The van der Waals surface area contributed by atoms with Crippen LogP contribution in [0.1, 0.15) is 29.3 Å². The first-order chi connectivity index (χ1) is 9.60. The van der Waals surface area contributed by atoms with E-state index in [1.165, 1.54) is 0 Å². The predicted octanol–water partition coefficient (Wildman–Crippen LogP) is 2.43. The Hall–Kier alpha value is -1.70. The Morgan fingerprint density at radius 2 is 2.00 bits per heavy atom. The van der Waals surface area contributed by atoms with Crippen molar-refractivity contribution in [2.75, 3.05) is 26.8 Å². The average Bonchev–Trinajstić information content (AvgIpc) is 2.47. The molecule has 1 atom stereocenters. The molecule has 1 rings (SSSR count). The van der Waals surface area contributed by atoms with Gasteiger partial charge in [0.2, 0.25) is 0 Å². The molecule has 108 valence electrons. The third-order valence-corrected chi connectivity index (χ3v) is 3.36. The molecule has 0 saturated carbocycles. The number of hydrogen-bond donors (Lipinski definition) is 0. The lowest BCUT2D eigenvalue weighted by Crippen LogP contribution is -2.41. The van der Waals surface area contributed by atoms with Gasteiger partial charge in [-0.2, -0.15) is 5.26 Å². The van der Waals surface area contributed by atoms with Crippen LogP contribution in [0.3, 0.4) is 0 Å². The van der Waals surface area contributed by atoms with Gasteiger partial charge in [0.1, 0.15) is 0 Å². The van der Waals surface area contributed by atoms with Gasteiger partial charge in [-0.1, -0.05) is 29.8 Å². The van der Waals surface area contributed by atoms with Crippen molar-refractivity contribution in [1.29, 1.82) is 5.26 Å². The largest absolute Gasteiger partial charge is 0.383 e. The first-order valence-corrected chi connectivity index (χ1v) is 6.81. The molecule has 0 amide bonds. The van der Waals surface area contributed by atoms with Gasteiger partial charge in [-0.05, 0) is 13.8 Å². The van der Waals surface area contributed by atoms with Crippen LogP contribution in [-0.2, 0) is 4.74 Å². The maximum atomic E-state index is 12.5. The van der Waals surface area contributed by atoms with Crippen LogP contribution in [0, 0.1) is 18.3 Å². The molecule has 0 saturated heterocycles. The van der Waals surface area contributed by atoms with Crippen LogP contribution in [0.5, 0.6) is 0 Å². The lowest BCUT2D eigenvalue weighted by Gasteiger charge is -2.27. The van der Waals surface area contributed by atoms with Crippen molar-refractivity contribution in [2.45, 2.75) is 26.3 Å². The summed E-state index contributed by atoms with van der Waals surface area (Å²) in [6, 6.07) is 9.46. The van der Waals surface area contributed by atoms with Gasteiger partial charge in [-0.25, -0.2) is 0 Å². The minimum absolute atomic E-state index is 0.0824. The van der Waals surface area contributed by atoms with Gasteiger partial charge in [0.15, 0.2) is 5.78 Å². The van der Waals surface area contributed by atoms with E-state index in [1.807, 2.05) is 43.0 Å². The number of rotatable bonds is 8. The molecule has 1 unspecified atom stereocenters. The van der Waals surface area contributed by atoms with Crippen molar-refractivity contribution in [3.63, 3.8) is 0 Å². The summed E-state index contributed by atoms with van der Waals surface area (Å²) < 4.78 is 5.07. The van der Waals surface area contributed by atoms with E-state index in [2.05, 4.69) is 6.07 Å². The normalized spacial score (nSPS) is 12.2. The molecule has 0 aromatic heterocycles. The molecule has 1 aromatic carbocycles. The summed E-state index contributed by atoms with van der Waals surface area (Å²) in [5.74, 6) is 0.0824. The van der Waals surface area contributed by atoms with E-state index in [0.29, 0.717) is 31.7 Å². The molecule has 0 bridgehead atoms. The quantitative estimate of drug-likeness (QED) is 0.683. The number of methoxy groups -OCH3 is 1. The molecule has 1 aromatic rings. The third kappa shape index (κ3) is 4.76. The molecule has 0 radical (unpaired) electrons. The number of benzene rings is 1. The van der Waals surface area contributed by atoms with E-state index in [0.717, 1.165) is 5.56 Å². The average molecular weight is 274 g/mol. The molecular formula is C16H22N2O2. The Morgan fingerprint density at radius 1 is 1.35 bits per heavy atom. The van der Waals surface area contributed by atoms with Crippen molar-refractivity contribution in [2.24, 2.45) is 0 Å². The number of nitrogens with zero attached hydrogens (tertiary/aromatic N) is 2. The topological polar surface area (TPSA) is 53.3 Å². The molecule has 0 N–H and O–H groups in total. The van der Waals surface area contributed by atoms with Gasteiger partial charge in [0.05, 0.1) is 18.7 Å². The fraction of sp³-hybridized carbons (Fsp3) is 0.500. The van der Waals surface area contributed by atoms with Crippen molar-refractivity contribution < 1.29 is 9.53 Å². The maximum Gasteiger partial charge on any atom is 0.179 e. The lowest BCUT2D eigenvalue weighted by atomic mass is 10.0. The van der Waals surface area contributed by atoms with E-state index >= 15 is 0 Å². The Labute approximate surface area is 121 Å². The Bertz CT molecular complexity index is 462. The molecule has 0 aliphatic carbocycles. The molecular weight excluding hydrogens is 252 g/mol. The summed E-state index contributed by atoms with van der Waals surface area (Å²) in [6.07, 6.45) is 0.412. The van der Waals surface area contributed by atoms with Crippen LogP contribution < -0.4 is 0 Å². The summed E-state index contributed by atoms with van der Waals surface area (Å²) >= 11 is 0. The summed E-state index contributed by atoms with van der Waals surface area (Å²) in [5.41, 5.74) is 1.84. The second kappa shape index (κ2) is 8.47. The monoisotopic (exact) mass is 274 g/mol. The fourth-order valence-corrected chi connectivity index (χ4v) is 2.03.